The summed E-state index contributed by atoms with van der Waals surface area (Å²) in [6.07, 6.45) is 7.35. The number of aromatic nitrogens is 3. The summed E-state index contributed by atoms with van der Waals surface area (Å²) in [5.41, 5.74) is 0.677. The van der Waals surface area contributed by atoms with Crippen molar-refractivity contribution in [2.75, 3.05) is 0 Å². The van der Waals surface area contributed by atoms with Crippen LogP contribution >= 0.6 is 11.3 Å². The summed E-state index contributed by atoms with van der Waals surface area (Å²) in [5, 5.41) is 13.8. The van der Waals surface area contributed by atoms with E-state index in [1.165, 1.54) is 4.88 Å². The fraction of sp³-hybridized carbons (Fsp3) is 0.350. The van der Waals surface area contributed by atoms with Crippen LogP contribution in [0.1, 0.15) is 42.2 Å². The van der Waals surface area contributed by atoms with E-state index in [1.807, 2.05) is 36.4 Å². The van der Waals surface area contributed by atoms with Crippen molar-refractivity contribution in [3.63, 3.8) is 0 Å². The van der Waals surface area contributed by atoms with Crippen molar-refractivity contribution >= 4 is 17.2 Å². The number of carbonyl (C=O) groups excluding carboxylic acids is 1. The quantitative estimate of drug-likeness (QED) is 0.723. The van der Waals surface area contributed by atoms with Gasteiger partial charge in [-0.3, -0.25) is 4.79 Å². The molecular formula is C20H22N4OS. The average Bonchev–Trinajstić information content (AvgIpc) is 3.43. The van der Waals surface area contributed by atoms with E-state index in [4.69, 9.17) is 0 Å². The highest BCUT2D eigenvalue weighted by atomic mass is 32.1. The van der Waals surface area contributed by atoms with Crippen LogP contribution in [0.3, 0.4) is 0 Å². The van der Waals surface area contributed by atoms with Gasteiger partial charge in [0, 0.05) is 4.88 Å². The van der Waals surface area contributed by atoms with E-state index < -0.39 is 5.41 Å². The summed E-state index contributed by atoms with van der Waals surface area (Å²) in [6, 6.07) is 14.0. The molecule has 6 heteroatoms. The largest absolute Gasteiger partial charge is 0.347 e. The summed E-state index contributed by atoms with van der Waals surface area (Å²) < 4.78 is 0. The summed E-state index contributed by atoms with van der Waals surface area (Å²) in [5.74, 6) is 0.124. The smallest absolute Gasteiger partial charge is 0.232 e. The molecule has 0 radical (unpaired) electrons. The fourth-order valence-corrected chi connectivity index (χ4v) is 4.82. The van der Waals surface area contributed by atoms with Gasteiger partial charge in [0.2, 0.25) is 5.91 Å². The molecule has 0 saturated heterocycles. The van der Waals surface area contributed by atoms with Crippen LogP contribution in [-0.4, -0.2) is 20.9 Å². The number of nitrogens with zero attached hydrogens (tertiary/aromatic N) is 3. The van der Waals surface area contributed by atoms with Crippen molar-refractivity contribution in [1.82, 2.24) is 20.3 Å². The Hall–Kier alpha value is -2.47. The molecule has 134 valence electrons. The monoisotopic (exact) mass is 366 g/mol. The van der Waals surface area contributed by atoms with E-state index in [9.17, 15) is 4.79 Å². The standard InChI is InChI=1S/C20H22N4OS/c25-19(20(10-4-5-11-20)18-9-6-14-26-18)23-17(15-24-21-12-13-22-24)16-7-2-1-3-8-16/h1-3,6-9,12-14,17H,4-5,10-11,15H2,(H,23,25). The zero-order valence-electron chi connectivity index (χ0n) is 14.5. The Morgan fingerprint density at radius 3 is 2.50 bits per heavy atom. The van der Waals surface area contributed by atoms with Crippen LogP contribution in [0.25, 0.3) is 0 Å². The zero-order chi connectivity index (χ0) is 17.8. The second kappa shape index (κ2) is 7.41. The molecule has 1 atom stereocenters. The first-order chi connectivity index (χ1) is 12.8. The number of nitrogens with one attached hydrogen (secondary N) is 1. The zero-order valence-corrected chi connectivity index (χ0v) is 15.4. The van der Waals surface area contributed by atoms with Crippen molar-refractivity contribution < 1.29 is 4.79 Å². The van der Waals surface area contributed by atoms with Gasteiger partial charge in [0.1, 0.15) is 0 Å². The Bertz CT molecular complexity index is 824. The topological polar surface area (TPSA) is 59.8 Å². The summed E-state index contributed by atoms with van der Waals surface area (Å²) in [6.45, 7) is 0.517. The lowest BCUT2D eigenvalue weighted by molar-refractivity contribution is -0.127. The van der Waals surface area contributed by atoms with Crippen molar-refractivity contribution in [3.8, 4) is 0 Å². The second-order valence-electron chi connectivity index (χ2n) is 6.79. The molecule has 5 nitrogen and oxygen atoms in total. The van der Waals surface area contributed by atoms with Crippen molar-refractivity contribution in [2.45, 2.75) is 43.7 Å². The van der Waals surface area contributed by atoms with Crippen LogP contribution in [0.2, 0.25) is 0 Å². The first-order valence-corrected chi connectivity index (χ1v) is 9.90. The molecule has 0 spiro atoms. The third-order valence-electron chi connectivity index (χ3n) is 5.20. The minimum Gasteiger partial charge on any atom is -0.347 e. The minimum atomic E-state index is -0.390. The van der Waals surface area contributed by atoms with Gasteiger partial charge in [0.25, 0.3) is 0 Å². The summed E-state index contributed by atoms with van der Waals surface area (Å²) in [7, 11) is 0. The van der Waals surface area contributed by atoms with Gasteiger partial charge in [0.15, 0.2) is 0 Å². The summed E-state index contributed by atoms with van der Waals surface area (Å²) >= 11 is 1.68. The number of benzene rings is 1. The average molecular weight is 366 g/mol. The van der Waals surface area contributed by atoms with Gasteiger partial charge in [-0.1, -0.05) is 49.2 Å². The van der Waals surface area contributed by atoms with Gasteiger partial charge in [-0.05, 0) is 29.9 Å². The predicted octanol–water partition coefficient (Wildman–Crippen LogP) is 3.71. The first-order valence-electron chi connectivity index (χ1n) is 9.02. The van der Waals surface area contributed by atoms with E-state index in [0.29, 0.717) is 6.54 Å². The molecule has 1 fully saturated rings. The lowest BCUT2D eigenvalue weighted by Crippen LogP contribution is -2.44. The van der Waals surface area contributed by atoms with Gasteiger partial charge in [-0.2, -0.15) is 15.0 Å². The number of hydrogen-bond acceptors (Lipinski definition) is 4. The number of rotatable bonds is 6. The molecule has 0 aliphatic heterocycles. The molecule has 2 aromatic heterocycles. The fourth-order valence-electron chi connectivity index (χ4n) is 3.83. The Balaban J connectivity index is 1.61. The van der Waals surface area contributed by atoms with E-state index in [1.54, 1.807) is 28.5 Å². The van der Waals surface area contributed by atoms with Crippen LogP contribution in [0.15, 0.2) is 60.2 Å². The highest BCUT2D eigenvalue weighted by molar-refractivity contribution is 7.10. The van der Waals surface area contributed by atoms with E-state index in [0.717, 1.165) is 31.2 Å². The van der Waals surface area contributed by atoms with Gasteiger partial charge in [-0.15, -0.1) is 11.3 Å². The molecule has 2 heterocycles. The Kier molecular flexibility index (Phi) is 4.84. The molecule has 1 saturated carbocycles. The molecule has 1 aromatic carbocycles. The molecule has 0 bridgehead atoms. The Morgan fingerprint density at radius 2 is 1.85 bits per heavy atom. The Labute approximate surface area is 157 Å². The molecule has 1 amide bonds. The number of amides is 1. The van der Waals surface area contributed by atoms with Crippen molar-refractivity contribution in [2.24, 2.45) is 0 Å². The highest BCUT2D eigenvalue weighted by Gasteiger charge is 2.44. The third kappa shape index (κ3) is 3.29. The van der Waals surface area contributed by atoms with Crippen LogP contribution in [0.4, 0.5) is 0 Å². The number of thiophene rings is 1. The summed E-state index contributed by atoms with van der Waals surface area (Å²) in [4.78, 5) is 16.2. The van der Waals surface area contributed by atoms with Crippen LogP contribution < -0.4 is 5.32 Å². The second-order valence-corrected chi connectivity index (χ2v) is 7.73. The molecule has 1 aliphatic rings. The van der Waals surface area contributed by atoms with Crippen LogP contribution in [0.5, 0.6) is 0 Å². The predicted molar refractivity (Wildman–Crippen MR) is 102 cm³/mol. The third-order valence-corrected chi connectivity index (χ3v) is 6.28. The maximum atomic E-state index is 13.4. The van der Waals surface area contributed by atoms with E-state index in [2.05, 4.69) is 27.0 Å². The molecule has 4 rings (SSSR count). The minimum absolute atomic E-state index is 0.124. The lowest BCUT2D eigenvalue weighted by atomic mass is 9.83. The van der Waals surface area contributed by atoms with E-state index in [-0.39, 0.29) is 11.9 Å². The first kappa shape index (κ1) is 17.0. The normalized spacial score (nSPS) is 17.1. The van der Waals surface area contributed by atoms with Crippen molar-refractivity contribution in [1.29, 1.82) is 0 Å². The maximum absolute atomic E-state index is 13.4. The van der Waals surface area contributed by atoms with Crippen molar-refractivity contribution in [3.05, 3.63) is 70.7 Å². The molecule has 1 aliphatic carbocycles. The molecule has 3 aromatic rings. The lowest BCUT2D eigenvalue weighted by Gasteiger charge is -2.29. The molecule has 1 unspecified atom stereocenters. The van der Waals surface area contributed by atoms with Gasteiger partial charge < -0.3 is 5.32 Å². The Morgan fingerprint density at radius 1 is 1.12 bits per heavy atom. The molecular weight excluding hydrogens is 344 g/mol. The van der Waals surface area contributed by atoms with Gasteiger partial charge >= 0.3 is 0 Å². The highest BCUT2D eigenvalue weighted by Crippen LogP contribution is 2.43. The van der Waals surface area contributed by atoms with Gasteiger partial charge in [0.05, 0.1) is 30.4 Å². The number of carbonyl (C=O) groups is 1. The SMILES string of the molecule is O=C(NC(Cn1nccn1)c1ccccc1)C1(c2cccs2)CCCC1. The van der Waals surface area contributed by atoms with E-state index >= 15 is 0 Å². The van der Waals surface area contributed by atoms with Gasteiger partial charge in [-0.25, -0.2) is 0 Å². The van der Waals surface area contributed by atoms with Crippen LogP contribution in [0, 0.1) is 0 Å². The molecule has 26 heavy (non-hydrogen) atoms. The molecule has 1 N–H and O–H groups in total. The van der Waals surface area contributed by atoms with Crippen LogP contribution in [-0.2, 0) is 16.8 Å². The number of hydrogen-bond donors (Lipinski definition) is 1. The maximum Gasteiger partial charge on any atom is 0.232 e.